The van der Waals surface area contributed by atoms with E-state index in [0.717, 1.165) is 38.5 Å². The van der Waals surface area contributed by atoms with Crippen LogP contribution in [0.1, 0.15) is 51.9 Å². The standard InChI is InChI=1S/C14H23NO3/c1-9(10-7-8-10)13(16)15-12-6-4-2-3-5-11(12)14(17)18/h9-12H,2-8H2,1H3,(H,15,16)(H,17,18). The molecule has 0 bridgehead atoms. The third-order valence-corrected chi connectivity index (χ3v) is 4.40. The van der Waals surface area contributed by atoms with E-state index in [4.69, 9.17) is 0 Å². The summed E-state index contributed by atoms with van der Waals surface area (Å²) >= 11 is 0. The van der Waals surface area contributed by atoms with Gasteiger partial charge >= 0.3 is 5.97 Å². The Labute approximate surface area is 108 Å². The fourth-order valence-electron chi connectivity index (χ4n) is 2.90. The van der Waals surface area contributed by atoms with Gasteiger partial charge in [-0.1, -0.05) is 26.2 Å². The maximum absolute atomic E-state index is 12.1. The van der Waals surface area contributed by atoms with Crippen molar-refractivity contribution in [1.29, 1.82) is 0 Å². The molecule has 1 amide bonds. The molecule has 2 rings (SSSR count). The summed E-state index contributed by atoms with van der Waals surface area (Å²) in [6, 6.07) is -0.168. The van der Waals surface area contributed by atoms with Crippen LogP contribution in [0.4, 0.5) is 0 Å². The highest BCUT2D eigenvalue weighted by Crippen LogP contribution is 2.37. The number of carboxylic acid groups (broad SMARTS) is 1. The molecule has 2 fully saturated rings. The molecule has 18 heavy (non-hydrogen) atoms. The van der Waals surface area contributed by atoms with Crippen molar-refractivity contribution in [3.05, 3.63) is 0 Å². The zero-order valence-electron chi connectivity index (χ0n) is 11.0. The molecule has 0 radical (unpaired) electrons. The van der Waals surface area contributed by atoms with Crippen LogP contribution in [0.2, 0.25) is 0 Å². The normalized spacial score (nSPS) is 30.3. The zero-order valence-corrected chi connectivity index (χ0v) is 11.0. The largest absolute Gasteiger partial charge is 0.481 e. The average molecular weight is 253 g/mol. The van der Waals surface area contributed by atoms with Gasteiger partial charge in [-0.15, -0.1) is 0 Å². The highest BCUT2D eigenvalue weighted by Gasteiger charge is 2.36. The number of nitrogens with one attached hydrogen (secondary N) is 1. The maximum Gasteiger partial charge on any atom is 0.308 e. The highest BCUT2D eigenvalue weighted by molar-refractivity contribution is 5.80. The Morgan fingerprint density at radius 3 is 2.39 bits per heavy atom. The number of amides is 1. The molecule has 4 heteroatoms. The first-order valence-electron chi connectivity index (χ1n) is 7.12. The highest BCUT2D eigenvalue weighted by atomic mass is 16.4. The van der Waals surface area contributed by atoms with E-state index in [1.54, 1.807) is 0 Å². The third-order valence-electron chi connectivity index (χ3n) is 4.40. The Bertz CT molecular complexity index is 325. The molecular formula is C14H23NO3. The van der Waals surface area contributed by atoms with E-state index < -0.39 is 11.9 Å². The molecule has 0 aromatic heterocycles. The van der Waals surface area contributed by atoms with Gasteiger partial charge in [-0.25, -0.2) is 0 Å². The summed E-state index contributed by atoms with van der Waals surface area (Å²) < 4.78 is 0. The molecule has 0 aliphatic heterocycles. The number of carbonyl (C=O) groups is 2. The van der Waals surface area contributed by atoms with E-state index >= 15 is 0 Å². The Morgan fingerprint density at radius 2 is 1.78 bits per heavy atom. The first-order chi connectivity index (χ1) is 8.59. The van der Waals surface area contributed by atoms with E-state index in [2.05, 4.69) is 5.32 Å². The van der Waals surface area contributed by atoms with Gasteiger partial charge in [0.25, 0.3) is 0 Å². The van der Waals surface area contributed by atoms with Gasteiger partial charge in [-0.3, -0.25) is 9.59 Å². The minimum atomic E-state index is -0.763. The summed E-state index contributed by atoms with van der Waals surface area (Å²) in [7, 11) is 0. The average Bonchev–Trinajstić information content (AvgIpc) is 3.15. The van der Waals surface area contributed by atoms with Crippen molar-refractivity contribution in [1.82, 2.24) is 5.32 Å². The SMILES string of the molecule is CC(C(=O)NC1CCCCCC1C(=O)O)C1CC1. The van der Waals surface area contributed by atoms with Crippen molar-refractivity contribution in [3.63, 3.8) is 0 Å². The summed E-state index contributed by atoms with van der Waals surface area (Å²) in [5.74, 6) is -0.540. The van der Waals surface area contributed by atoms with Gasteiger partial charge in [0.2, 0.25) is 5.91 Å². The van der Waals surface area contributed by atoms with Crippen molar-refractivity contribution >= 4 is 11.9 Å². The van der Waals surface area contributed by atoms with E-state index in [9.17, 15) is 14.7 Å². The molecule has 0 aromatic rings. The summed E-state index contributed by atoms with van der Waals surface area (Å²) in [6.45, 7) is 1.96. The van der Waals surface area contributed by atoms with E-state index in [1.165, 1.54) is 0 Å². The molecule has 4 nitrogen and oxygen atoms in total. The Kier molecular flexibility index (Phi) is 4.25. The van der Waals surface area contributed by atoms with Crippen LogP contribution < -0.4 is 5.32 Å². The lowest BCUT2D eigenvalue weighted by Crippen LogP contribution is -2.45. The number of hydrogen-bond donors (Lipinski definition) is 2. The van der Waals surface area contributed by atoms with Crippen LogP contribution in [-0.4, -0.2) is 23.0 Å². The fraction of sp³-hybridized carbons (Fsp3) is 0.857. The van der Waals surface area contributed by atoms with Crippen LogP contribution in [0.25, 0.3) is 0 Å². The van der Waals surface area contributed by atoms with Gasteiger partial charge in [0.1, 0.15) is 0 Å². The molecule has 102 valence electrons. The van der Waals surface area contributed by atoms with Crippen molar-refractivity contribution in [3.8, 4) is 0 Å². The van der Waals surface area contributed by atoms with Gasteiger partial charge in [0, 0.05) is 12.0 Å². The number of aliphatic carboxylic acids is 1. The van der Waals surface area contributed by atoms with E-state index in [1.807, 2.05) is 6.92 Å². The number of carboxylic acids is 1. The molecule has 2 saturated carbocycles. The third kappa shape index (κ3) is 3.24. The monoisotopic (exact) mass is 253 g/mol. The van der Waals surface area contributed by atoms with Gasteiger partial charge in [0.15, 0.2) is 0 Å². The van der Waals surface area contributed by atoms with Crippen molar-refractivity contribution in [2.45, 2.75) is 57.9 Å². The summed E-state index contributed by atoms with van der Waals surface area (Å²) in [4.78, 5) is 23.3. The van der Waals surface area contributed by atoms with E-state index in [0.29, 0.717) is 12.3 Å². The topological polar surface area (TPSA) is 66.4 Å². The van der Waals surface area contributed by atoms with Crippen molar-refractivity contribution < 1.29 is 14.7 Å². The predicted octanol–water partition coefficient (Wildman–Crippen LogP) is 2.18. The van der Waals surface area contributed by atoms with Crippen LogP contribution in [0.15, 0.2) is 0 Å². The second-order valence-corrected chi connectivity index (χ2v) is 5.82. The van der Waals surface area contributed by atoms with Gasteiger partial charge < -0.3 is 10.4 Å². The van der Waals surface area contributed by atoms with Gasteiger partial charge in [-0.05, 0) is 31.6 Å². The molecule has 2 N–H and O–H groups in total. The number of rotatable bonds is 4. The molecule has 0 saturated heterocycles. The quantitative estimate of drug-likeness (QED) is 0.755. The Hall–Kier alpha value is -1.06. The summed E-state index contributed by atoms with van der Waals surface area (Å²) in [6.07, 6.45) is 6.84. The first kappa shape index (κ1) is 13.4. The fourth-order valence-corrected chi connectivity index (χ4v) is 2.90. The molecule has 3 atom stereocenters. The molecule has 0 spiro atoms. The van der Waals surface area contributed by atoms with Crippen LogP contribution in [0.3, 0.4) is 0 Å². The molecule has 3 unspecified atom stereocenters. The molecule has 0 heterocycles. The van der Waals surface area contributed by atoms with Crippen LogP contribution in [0.5, 0.6) is 0 Å². The molecular weight excluding hydrogens is 230 g/mol. The predicted molar refractivity (Wildman–Crippen MR) is 68.0 cm³/mol. The Balaban J connectivity index is 1.94. The minimum Gasteiger partial charge on any atom is -0.481 e. The Morgan fingerprint density at radius 1 is 1.11 bits per heavy atom. The van der Waals surface area contributed by atoms with Gasteiger partial charge in [0.05, 0.1) is 5.92 Å². The zero-order chi connectivity index (χ0) is 13.1. The van der Waals surface area contributed by atoms with Crippen LogP contribution in [-0.2, 0) is 9.59 Å². The summed E-state index contributed by atoms with van der Waals surface area (Å²) in [5.41, 5.74) is 0. The lowest BCUT2D eigenvalue weighted by Gasteiger charge is -2.24. The first-order valence-corrected chi connectivity index (χ1v) is 7.12. The number of hydrogen-bond acceptors (Lipinski definition) is 2. The van der Waals surface area contributed by atoms with Gasteiger partial charge in [-0.2, -0.15) is 0 Å². The smallest absolute Gasteiger partial charge is 0.308 e. The maximum atomic E-state index is 12.1. The molecule has 2 aliphatic carbocycles. The van der Waals surface area contributed by atoms with E-state index in [-0.39, 0.29) is 17.9 Å². The molecule has 0 aromatic carbocycles. The number of carbonyl (C=O) groups excluding carboxylic acids is 1. The second kappa shape index (κ2) is 5.72. The minimum absolute atomic E-state index is 0.0442. The molecule has 2 aliphatic rings. The van der Waals surface area contributed by atoms with Crippen LogP contribution >= 0.6 is 0 Å². The van der Waals surface area contributed by atoms with Crippen molar-refractivity contribution in [2.75, 3.05) is 0 Å². The lowest BCUT2D eigenvalue weighted by molar-refractivity contribution is -0.143. The van der Waals surface area contributed by atoms with Crippen molar-refractivity contribution in [2.24, 2.45) is 17.8 Å². The van der Waals surface area contributed by atoms with Crippen LogP contribution in [0, 0.1) is 17.8 Å². The summed E-state index contributed by atoms with van der Waals surface area (Å²) in [5, 5.41) is 12.2. The second-order valence-electron chi connectivity index (χ2n) is 5.82. The lowest BCUT2D eigenvalue weighted by atomic mass is 9.94.